The van der Waals surface area contributed by atoms with Crippen LogP contribution < -0.4 is 5.32 Å². The van der Waals surface area contributed by atoms with Crippen LogP contribution in [0.4, 0.5) is 5.69 Å². The Hall–Kier alpha value is -1.87. The molecule has 0 unspecified atom stereocenters. The van der Waals surface area contributed by atoms with E-state index in [4.69, 9.17) is 0 Å². The molecule has 0 aromatic heterocycles. The fourth-order valence-corrected chi connectivity index (χ4v) is 4.00. The molecule has 0 bridgehead atoms. The first kappa shape index (κ1) is 23.4. The smallest absolute Gasteiger partial charge is 0.0700 e. The van der Waals surface area contributed by atoms with Crippen LogP contribution >= 0.6 is 0 Å². The van der Waals surface area contributed by atoms with Crippen LogP contribution in [0.1, 0.15) is 76.0 Å². The third-order valence-electron chi connectivity index (χ3n) is 6.06. The molecule has 3 heteroatoms. The minimum atomic E-state index is 0.634. The monoisotopic (exact) mass is 395 g/mol. The van der Waals surface area contributed by atoms with Gasteiger partial charge in [0.2, 0.25) is 0 Å². The topological polar surface area (TPSA) is 27.6 Å². The van der Waals surface area contributed by atoms with Gasteiger partial charge in [0, 0.05) is 24.7 Å². The van der Waals surface area contributed by atoms with Gasteiger partial charge in [-0.3, -0.25) is 4.99 Å². The highest BCUT2D eigenvalue weighted by Crippen LogP contribution is 2.39. The van der Waals surface area contributed by atoms with Crippen LogP contribution in [0.25, 0.3) is 5.57 Å². The molecule has 160 valence electrons. The van der Waals surface area contributed by atoms with Gasteiger partial charge in [0.05, 0.1) is 5.69 Å². The minimum Gasteiger partial charge on any atom is -0.377 e. The molecule has 29 heavy (non-hydrogen) atoms. The van der Waals surface area contributed by atoms with Crippen LogP contribution in [0.3, 0.4) is 0 Å². The van der Waals surface area contributed by atoms with Crippen LogP contribution in [0.5, 0.6) is 0 Å². The van der Waals surface area contributed by atoms with Crippen molar-refractivity contribution in [2.45, 2.75) is 78.7 Å². The second-order valence-corrected chi connectivity index (χ2v) is 8.68. The standard InChI is InChI=1S/C22H30N2.C4H11N/c1-17-9-8-11-20(17)21-15-18(2)19(16-22(21)23-3)10-4-5-12-24-13-6-7-14-24;1-4(2)5-3/h6,13,15-16H,3-5,7-12,14H2,1-2H3;4-5H,1-3H3. The molecule has 1 aromatic rings. The molecule has 1 aliphatic heterocycles. The lowest BCUT2D eigenvalue weighted by Gasteiger charge is -2.16. The molecule has 2 aliphatic rings. The van der Waals surface area contributed by atoms with Gasteiger partial charge in [-0.2, -0.15) is 0 Å². The fraction of sp³-hybridized carbons (Fsp3) is 0.577. The van der Waals surface area contributed by atoms with Crippen molar-refractivity contribution in [3.05, 3.63) is 46.7 Å². The molecule has 0 amide bonds. The van der Waals surface area contributed by atoms with E-state index in [-0.39, 0.29) is 0 Å². The van der Waals surface area contributed by atoms with E-state index in [1.54, 1.807) is 0 Å². The Morgan fingerprint density at radius 2 is 1.93 bits per heavy atom. The predicted octanol–water partition coefficient (Wildman–Crippen LogP) is 6.44. The summed E-state index contributed by atoms with van der Waals surface area (Å²) >= 11 is 0. The van der Waals surface area contributed by atoms with E-state index in [9.17, 15) is 0 Å². The average molecular weight is 396 g/mol. The molecule has 1 aliphatic carbocycles. The van der Waals surface area contributed by atoms with Gasteiger partial charge in [-0.05, 0) is 108 Å². The highest BCUT2D eigenvalue weighted by molar-refractivity contribution is 5.79. The molecule has 1 heterocycles. The Kier molecular flexibility index (Phi) is 9.66. The third-order valence-corrected chi connectivity index (χ3v) is 6.06. The number of nitrogens with zero attached hydrogens (tertiary/aromatic N) is 2. The summed E-state index contributed by atoms with van der Waals surface area (Å²) in [5.41, 5.74) is 8.29. The van der Waals surface area contributed by atoms with E-state index >= 15 is 0 Å². The van der Waals surface area contributed by atoms with Crippen molar-refractivity contribution >= 4 is 18.0 Å². The number of benzene rings is 1. The van der Waals surface area contributed by atoms with Gasteiger partial charge in [0.25, 0.3) is 0 Å². The molecule has 1 N–H and O–H groups in total. The van der Waals surface area contributed by atoms with Crippen molar-refractivity contribution < 1.29 is 0 Å². The summed E-state index contributed by atoms with van der Waals surface area (Å²) < 4.78 is 0. The quantitative estimate of drug-likeness (QED) is 0.405. The Labute approximate surface area is 179 Å². The van der Waals surface area contributed by atoms with E-state index in [1.807, 2.05) is 7.05 Å². The first-order valence-electron chi connectivity index (χ1n) is 11.3. The van der Waals surface area contributed by atoms with E-state index in [2.05, 4.69) is 74.0 Å². The second kappa shape index (κ2) is 12.0. The van der Waals surface area contributed by atoms with Crippen molar-refractivity contribution in [1.82, 2.24) is 10.2 Å². The summed E-state index contributed by atoms with van der Waals surface area (Å²) in [7, 11) is 1.95. The largest absolute Gasteiger partial charge is 0.377 e. The maximum Gasteiger partial charge on any atom is 0.0700 e. The molecule has 1 aromatic carbocycles. The van der Waals surface area contributed by atoms with Gasteiger partial charge in [-0.25, -0.2) is 0 Å². The highest BCUT2D eigenvalue weighted by atomic mass is 15.1. The van der Waals surface area contributed by atoms with Crippen LogP contribution in [-0.4, -0.2) is 37.8 Å². The number of hydrogen-bond acceptors (Lipinski definition) is 3. The van der Waals surface area contributed by atoms with E-state index in [0.29, 0.717) is 6.04 Å². The van der Waals surface area contributed by atoms with Gasteiger partial charge < -0.3 is 10.2 Å². The van der Waals surface area contributed by atoms with Gasteiger partial charge >= 0.3 is 0 Å². The van der Waals surface area contributed by atoms with Crippen LogP contribution in [0.2, 0.25) is 0 Å². The zero-order valence-electron chi connectivity index (χ0n) is 19.4. The molecule has 0 saturated carbocycles. The van der Waals surface area contributed by atoms with Crippen molar-refractivity contribution in [1.29, 1.82) is 0 Å². The van der Waals surface area contributed by atoms with Gasteiger partial charge in [0.1, 0.15) is 0 Å². The summed E-state index contributed by atoms with van der Waals surface area (Å²) in [5, 5.41) is 3.03. The lowest BCUT2D eigenvalue weighted by molar-refractivity contribution is 0.393. The van der Waals surface area contributed by atoms with Gasteiger partial charge in [-0.15, -0.1) is 0 Å². The van der Waals surface area contributed by atoms with E-state index in [0.717, 1.165) is 12.1 Å². The molecule has 0 atom stereocenters. The first-order valence-corrected chi connectivity index (χ1v) is 11.3. The Balaban J connectivity index is 0.000000537. The SMILES string of the molecule is C=Nc1cc(CCCCN2C=CCC2)c(C)cc1C1=C(C)CCC1.CNC(C)C. The molecular weight excluding hydrogens is 354 g/mol. The van der Waals surface area contributed by atoms with Gasteiger partial charge in [0.15, 0.2) is 0 Å². The number of allylic oxidation sites excluding steroid dienone is 2. The normalized spacial score (nSPS) is 15.9. The fourth-order valence-electron chi connectivity index (χ4n) is 4.00. The molecule has 0 saturated heterocycles. The summed E-state index contributed by atoms with van der Waals surface area (Å²) in [6.07, 6.45) is 13.1. The minimum absolute atomic E-state index is 0.634. The van der Waals surface area contributed by atoms with Crippen molar-refractivity contribution in [2.24, 2.45) is 4.99 Å². The number of aryl methyl sites for hydroxylation is 2. The molecule has 3 rings (SSSR count). The maximum absolute atomic E-state index is 4.34. The first-order chi connectivity index (χ1) is 14.0. The predicted molar refractivity (Wildman–Crippen MR) is 129 cm³/mol. The number of rotatable bonds is 8. The van der Waals surface area contributed by atoms with E-state index < -0.39 is 0 Å². The second-order valence-electron chi connectivity index (χ2n) is 8.68. The summed E-state index contributed by atoms with van der Waals surface area (Å²) in [6.45, 7) is 14.9. The average Bonchev–Trinajstić information content (AvgIpc) is 3.38. The summed E-state index contributed by atoms with van der Waals surface area (Å²) in [4.78, 5) is 6.77. The Morgan fingerprint density at radius 1 is 1.17 bits per heavy atom. The number of hydrogen-bond donors (Lipinski definition) is 1. The van der Waals surface area contributed by atoms with Crippen LogP contribution in [0, 0.1) is 6.92 Å². The maximum atomic E-state index is 4.34. The van der Waals surface area contributed by atoms with Gasteiger partial charge in [-0.1, -0.05) is 25.5 Å². The molecule has 0 spiro atoms. The molecule has 0 radical (unpaired) electrons. The Bertz CT molecular complexity index is 728. The van der Waals surface area contributed by atoms with Crippen LogP contribution in [-0.2, 0) is 6.42 Å². The number of nitrogens with one attached hydrogen (secondary N) is 1. The van der Waals surface area contributed by atoms with E-state index in [1.165, 1.54) is 79.5 Å². The molecular formula is C26H41N3. The Morgan fingerprint density at radius 3 is 2.48 bits per heavy atom. The van der Waals surface area contributed by atoms with Crippen molar-refractivity contribution in [2.75, 3.05) is 20.1 Å². The van der Waals surface area contributed by atoms with Crippen molar-refractivity contribution in [3.8, 4) is 0 Å². The zero-order valence-corrected chi connectivity index (χ0v) is 19.4. The van der Waals surface area contributed by atoms with Crippen LogP contribution in [0.15, 0.2) is 35.0 Å². The number of aliphatic imine (C=N–C) groups is 1. The lowest BCUT2D eigenvalue weighted by Crippen LogP contribution is -2.15. The summed E-state index contributed by atoms with van der Waals surface area (Å²) in [6, 6.07) is 5.27. The number of unbranched alkanes of at least 4 members (excludes halogenated alkanes) is 1. The molecule has 3 nitrogen and oxygen atoms in total. The zero-order chi connectivity index (χ0) is 21.2. The lowest BCUT2D eigenvalue weighted by atomic mass is 9.93. The highest BCUT2D eigenvalue weighted by Gasteiger charge is 2.17. The van der Waals surface area contributed by atoms with Crippen molar-refractivity contribution in [3.63, 3.8) is 0 Å². The summed E-state index contributed by atoms with van der Waals surface area (Å²) in [5.74, 6) is 0. The third kappa shape index (κ3) is 7.15. The molecule has 0 fully saturated rings.